The zero-order valence-corrected chi connectivity index (χ0v) is 19.2. The number of urea groups is 1. The first-order valence-corrected chi connectivity index (χ1v) is 11.0. The van der Waals surface area contributed by atoms with E-state index in [1.807, 2.05) is 11.8 Å². The van der Waals surface area contributed by atoms with Crippen LogP contribution in [0.5, 0.6) is 5.88 Å². The van der Waals surface area contributed by atoms with Crippen molar-refractivity contribution in [1.82, 2.24) is 14.6 Å². The highest BCUT2D eigenvalue weighted by Gasteiger charge is 2.24. The van der Waals surface area contributed by atoms with E-state index in [0.29, 0.717) is 43.7 Å². The standard InChI is InChI=1S/C19H23ClF3N5O4S/c1-2-28(6-7-29)5-3-4-25-19(31)26-18-13(16(24)30)17(27-33-18)32-9-10-12(21)8-11(20)15(23)14(10)22/h8,29H,2-7,9H2,1H3,(H2,24,30)(H2,25,26,31). The van der Waals surface area contributed by atoms with Gasteiger partial charge < -0.3 is 25.8 Å². The predicted molar refractivity (Wildman–Crippen MR) is 117 cm³/mol. The Hall–Kier alpha value is -2.61. The van der Waals surface area contributed by atoms with Crippen molar-refractivity contribution in [1.29, 1.82) is 0 Å². The van der Waals surface area contributed by atoms with Gasteiger partial charge in [0.1, 0.15) is 23.0 Å². The lowest BCUT2D eigenvalue weighted by Gasteiger charge is -2.18. The summed E-state index contributed by atoms with van der Waals surface area (Å²) in [6.45, 7) is 3.47. The van der Waals surface area contributed by atoms with E-state index in [-0.39, 0.29) is 23.1 Å². The van der Waals surface area contributed by atoms with Crippen molar-refractivity contribution in [2.45, 2.75) is 20.0 Å². The Bertz CT molecular complexity index is 995. The summed E-state index contributed by atoms with van der Waals surface area (Å²) in [6.07, 6.45) is 0.621. The zero-order chi connectivity index (χ0) is 24.5. The van der Waals surface area contributed by atoms with Gasteiger partial charge >= 0.3 is 6.03 Å². The number of halogens is 4. The number of carbonyl (C=O) groups excluding carboxylic acids is 2. The molecule has 2 aromatic rings. The Kier molecular flexibility index (Phi) is 10.2. The van der Waals surface area contributed by atoms with Crippen molar-refractivity contribution in [3.05, 3.63) is 39.7 Å². The SMILES string of the molecule is CCN(CCO)CCCNC(=O)Nc1snc(OCc2c(F)cc(Cl)c(F)c2F)c1C(N)=O. The van der Waals surface area contributed by atoms with E-state index in [4.69, 9.17) is 27.2 Å². The van der Waals surface area contributed by atoms with Crippen LogP contribution in [-0.2, 0) is 6.61 Å². The lowest BCUT2D eigenvalue weighted by molar-refractivity contribution is 0.0996. The summed E-state index contributed by atoms with van der Waals surface area (Å²) in [5, 5.41) is 13.2. The van der Waals surface area contributed by atoms with Gasteiger partial charge in [-0.15, -0.1) is 0 Å². The molecule has 0 radical (unpaired) electrons. The second kappa shape index (κ2) is 12.6. The van der Waals surface area contributed by atoms with E-state index in [0.717, 1.165) is 6.54 Å². The number of nitrogens with zero attached hydrogens (tertiary/aromatic N) is 2. The molecular formula is C19H23ClF3N5O4S. The third-order valence-electron chi connectivity index (χ3n) is 4.50. The Morgan fingerprint density at radius 1 is 1.30 bits per heavy atom. The Morgan fingerprint density at radius 3 is 2.67 bits per heavy atom. The first-order valence-electron chi connectivity index (χ1n) is 9.81. The maximum Gasteiger partial charge on any atom is 0.319 e. The molecule has 0 aliphatic carbocycles. The third kappa shape index (κ3) is 7.19. The van der Waals surface area contributed by atoms with Crippen molar-refractivity contribution in [2.75, 3.05) is 38.1 Å². The van der Waals surface area contributed by atoms with Crippen LogP contribution in [0.3, 0.4) is 0 Å². The Labute approximate surface area is 196 Å². The van der Waals surface area contributed by atoms with Crippen LogP contribution in [0.4, 0.5) is 23.0 Å². The van der Waals surface area contributed by atoms with E-state index in [1.54, 1.807) is 0 Å². The van der Waals surface area contributed by atoms with Gasteiger partial charge in [-0.2, -0.15) is 4.37 Å². The molecule has 1 aromatic carbocycles. The second-order valence-electron chi connectivity index (χ2n) is 6.68. The van der Waals surface area contributed by atoms with Gasteiger partial charge in [-0.1, -0.05) is 18.5 Å². The molecular weight excluding hydrogens is 487 g/mol. The fraction of sp³-hybridized carbons (Fsp3) is 0.421. The fourth-order valence-corrected chi connectivity index (χ4v) is 3.69. The number of amides is 3. The number of primary amides is 1. The minimum Gasteiger partial charge on any atom is -0.471 e. The quantitative estimate of drug-likeness (QED) is 0.198. The van der Waals surface area contributed by atoms with Crippen LogP contribution in [-0.4, -0.2) is 59.1 Å². The van der Waals surface area contributed by atoms with Gasteiger partial charge in [-0.05, 0) is 37.1 Å². The first kappa shape index (κ1) is 26.6. The van der Waals surface area contributed by atoms with Crippen LogP contribution in [0, 0.1) is 17.5 Å². The maximum absolute atomic E-state index is 14.0. The molecule has 9 nitrogen and oxygen atoms in total. The average molecular weight is 510 g/mol. The summed E-state index contributed by atoms with van der Waals surface area (Å²) in [6, 6.07) is -0.0370. The number of aliphatic hydroxyl groups is 1. The average Bonchev–Trinajstić information content (AvgIpc) is 3.16. The summed E-state index contributed by atoms with van der Waals surface area (Å²) in [7, 11) is 0. The highest BCUT2D eigenvalue weighted by molar-refractivity contribution is 7.11. The van der Waals surface area contributed by atoms with Gasteiger partial charge in [0, 0.05) is 13.1 Å². The highest BCUT2D eigenvalue weighted by atomic mass is 35.5. The van der Waals surface area contributed by atoms with Gasteiger partial charge in [0.2, 0.25) is 5.88 Å². The third-order valence-corrected chi connectivity index (χ3v) is 5.52. The number of aromatic nitrogens is 1. The topological polar surface area (TPSA) is 130 Å². The molecule has 0 aliphatic heterocycles. The Balaban J connectivity index is 2.00. The number of aliphatic hydroxyl groups excluding tert-OH is 1. The summed E-state index contributed by atoms with van der Waals surface area (Å²) < 4.78 is 50.5. The molecule has 0 unspecified atom stereocenters. The molecule has 182 valence electrons. The first-order chi connectivity index (χ1) is 15.7. The smallest absolute Gasteiger partial charge is 0.319 e. The van der Waals surface area contributed by atoms with Gasteiger partial charge in [-0.25, -0.2) is 18.0 Å². The van der Waals surface area contributed by atoms with Crippen LogP contribution in [0.25, 0.3) is 0 Å². The van der Waals surface area contributed by atoms with Crippen molar-refractivity contribution in [2.24, 2.45) is 5.73 Å². The van der Waals surface area contributed by atoms with E-state index in [2.05, 4.69) is 15.0 Å². The van der Waals surface area contributed by atoms with E-state index in [1.165, 1.54) is 0 Å². The number of hydrogen-bond donors (Lipinski definition) is 4. The van der Waals surface area contributed by atoms with Crippen molar-refractivity contribution < 1.29 is 32.6 Å². The minimum atomic E-state index is -1.53. The summed E-state index contributed by atoms with van der Waals surface area (Å²) >= 11 is 6.05. The molecule has 0 saturated heterocycles. The molecule has 0 aliphatic rings. The zero-order valence-electron chi connectivity index (χ0n) is 17.6. The molecule has 33 heavy (non-hydrogen) atoms. The lowest BCUT2D eigenvalue weighted by atomic mass is 10.2. The van der Waals surface area contributed by atoms with Gasteiger partial charge in [0.25, 0.3) is 5.91 Å². The van der Waals surface area contributed by atoms with Crippen LogP contribution < -0.4 is 21.1 Å². The number of anilines is 1. The van der Waals surface area contributed by atoms with Crippen LogP contribution in [0.1, 0.15) is 29.3 Å². The van der Waals surface area contributed by atoms with Crippen LogP contribution >= 0.6 is 23.1 Å². The van der Waals surface area contributed by atoms with Crippen molar-refractivity contribution >= 4 is 40.1 Å². The van der Waals surface area contributed by atoms with Crippen LogP contribution in [0.15, 0.2) is 6.07 Å². The molecule has 5 N–H and O–H groups in total. The molecule has 0 fully saturated rings. The van der Waals surface area contributed by atoms with Gasteiger partial charge in [0.05, 0.1) is 17.2 Å². The minimum absolute atomic E-state index is 0.0336. The molecule has 0 saturated carbocycles. The monoisotopic (exact) mass is 509 g/mol. The number of likely N-dealkylation sites (N-methyl/N-ethyl adjacent to an activating group) is 1. The molecule has 1 aromatic heterocycles. The van der Waals surface area contributed by atoms with E-state index >= 15 is 0 Å². The van der Waals surface area contributed by atoms with E-state index < -0.39 is 46.6 Å². The maximum atomic E-state index is 14.0. The van der Waals surface area contributed by atoms with Crippen molar-refractivity contribution in [3.8, 4) is 5.88 Å². The van der Waals surface area contributed by atoms with Gasteiger partial charge in [-0.3, -0.25) is 10.1 Å². The molecule has 0 bridgehead atoms. The van der Waals surface area contributed by atoms with Gasteiger partial charge in [0.15, 0.2) is 11.6 Å². The second-order valence-corrected chi connectivity index (χ2v) is 7.86. The number of benzene rings is 1. The predicted octanol–water partition coefficient (Wildman–Crippen LogP) is 2.72. The molecule has 14 heteroatoms. The fourth-order valence-electron chi connectivity index (χ4n) is 2.77. The summed E-state index contributed by atoms with van der Waals surface area (Å²) in [5.41, 5.74) is 4.28. The molecule has 1 heterocycles. The summed E-state index contributed by atoms with van der Waals surface area (Å²) in [4.78, 5) is 26.0. The number of rotatable bonds is 12. The number of hydrogen-bond acceptors (Lipinski definition) is 7. The number of nitrogens with one attached hydrogen (secondary N) is 2. The number of nitrogens with two attached hydrogens (primary N) is 1. The normalized spacial score (nSPS) is 11.0. The molecule has 0 atom stereocenters. The number of ether oxygens (including phenoxy) is 1. The van der Waals surface area contributed by atoms with E-state index in [9.17, 15) is 22.8 Å². The van der Waals surface area contributed by atoms with Crippen LogP contribution in [0.2, 0.25) is 5.02 Å². The Morgan fingerprint density at radius 2 is 2.03 bits per heavy atom. The molecule has 2 rings (SSSR count). The number of carbonyl (C=O) groups is 2. The summed E-state index contributed by atoms with van der Waals surface area (Å²) in [5.74, 6) is -5.50. The molecule has 0 spiro atoms. The largest absolute Gasteiger partial charge is 0.471 e. The molecule has 3 amide bonds. The van der Waals surface area contributed by atoms with Crippen molar-refractivity contribution in [3.63, 3.8) is 0 Å². The lowest BCUT2D eigenvalue weighted by Crippen LogP contribution is -2.33. The highest BCUT2D eigenvalue weighted by Crippen LogP contribution is 2.31.